The first-order chi connectivity index (χ1) is 10.1. The Morgan fingerprint density at radius 1 is 1.00 bits per heavy atom. The molecule has 2 aromatic carbocycles. The summed E-state index contributed by atoms with van der Waals surface area (Å²) in [5.41, 5.74) is 1.98. The van der Waals surface area contributed by atoms with Crippen LogP contribution in [0.2, 0.25) is 15.1 Å². The van der Waals surface area contributed by atoms with Gasteiger partial charge in [-0.15, -0.1) is 0 Å². The van der Waals surface area contributed by atoms with Crippen LogP contribution in [-0.4, -0.2) is 6.54 Å². The highest BCUT2D eigenvalue weighted by Crippen LogP contribution is 2.33. The van der Waals surface area contributed by atoms with Gasteiger partial charge in [0.2, 0.25) is 0 Å². The van der Waals surface area contributed by atoms with Crippen LogP contribution in [-0.2, 0) is 13.2 Å². The largest absolute Gasteiger partial charge is 0.487 e. The van der Waals surface area contributed by atoms with Crippen molar-refractivity contribution in [1.82, 2.24) is 5.32 Å². The Morgan fingerprint density at radius 3 is 2.38 bits per heavy atom. The number of hydrogen-bond donors (Lipinski definition) is 1. The Labute approximate surface area is 140 Å². The molecule has 0 bridgehead atoms. The number of halogens is 3. The monoisotopic (exact) mass is 343 g/mol. The molecule has 112 valence electrons. The first kappa shape index (κ1) is 16.4. The topological polar surface area (TPSA) is 21.3 Å². The molecular weight excluding hydrogens is 329 g/mol. The minimum Gasteiger partial charge on any atom is -0.487 e. The quantitative estimate of drug-likeness (QED) is 0.764. The third-order valence-electron chi connectivity index (χ3n) is 2.95. The molecule has 5 heteroatoms. The van der Waals surface area contributed by atoms with Crippen molar-refractivity contribution < 1.29 is 4.74 Å². The van der Waals surface area contributed by atoms with E-state index in [9.17, 15) is 0 Å². The third-order valence-corrected chi connectivity index (χ3v) is 3.70. The zero-order chi connectivity index (χ0) is 15.2. The van der Waals surface area contributed by atoms with Gasteiger partial charge >= 0.3 is 0 Å². The Balaban J connectivity index is 2.15. The van der Waals surface area contributed by atoms with E-state index in [-0.39, 0.29) is 0 Å². The standard InChI is InChI=1S/C16H16Cl3NO/c1-2-20-9-12-7-14(18)8-15(19)16(12)21-10-11-3-5-13(17)6-4-11/h3-8,20H,2,9-10H2,1H3. The summed E-state index contributed by atoms with van der Waals surface area (Å²) in [7, 11) is 0. The van der Waals surface area contributed by atoms with Gasteiger partial charge in [-0.2, -0.15) is 0 Å². The molecular formula is C16H16Cl3NO. The van der Waals surface area contributed by atoms with E-state index in [1.165, 1.54) is 0 Å². The molecule has 2 nitrogen and oxygen atoms in total. The summed E-state index contributed by atoms with van der Waals surface area (Å²) in [5.74, 6) is 0.664. The molecule has 0 atom stereocenters. The summed E-state index contributed by atoms with van der Waals surface area (Å²) in [4.78, 5) is 0. The van der Waals surface area contributed by atoms with Gasteiger partial charge in [0.15, 0.2) is 0 Å². The predicted octanol–water partition coefficient (Wildman–Crippen LogP) is 5.34. The Kier molecular flexibility index (Phi) is 6.19. The van der Waals surface area contributed by atoms with Crippen molar-refractivity contribution in [3.05, 3.63) is 62.6 Å². The maximum absolute atomic E-state index is 6.25. The molecule has 21 heavy (non-hydrogen) atoms. The second kappa shape index (κ2) is 7.90. The Bertz CT molecular complexity index is 599. The van der Waals surface area contributed by atoms with Crippen LogP contribution in [0.1, 0.15) is 18.1 Å². The lowest BCUT2D eigenvalue weighted by molar-refractivity contribution is 0.302. The lowest BCUT2D eigenvalue weighted by Gasteiger charge is -2.14. The summed E-state index contributed by atoms with van der Waals surface area (Å²) >= 11 is 18.2. The molecule has 0 radical (unpaired) electrons. The lowest BCUT2D eigenvalue weighted by atomic mass is 10.2. The zero-order valence-electron chi connectivity index (χ0n) is 11.6. The summed E-state index contributed by atoms with van der Waals surface area (Å²) < 4.78 is 5.87. The summed E-state index contributed by atoms with van der Waals surface area (Å²) in [6.07, 6.45) is 0. The number of hydrogen-bond acceptors (Lipinski definition) is 2. The smallest absolute Gasteiger partial charge is 0.142 e. The predicted molar refractivity (Wildman–Crippen MR) is 89.6 cm³/mol. The van der Waals surface area contributed by atoms with Crippen LogP contribution in [0, 0.1) is 0 Å². The van der Waals surface area contributed by atoms with Crippen LogP contribution in [0.15, 0.2) is 36.4 Å². The summed E-state index contributed by atoms with van der Waals surface area (Å²) in [6.45, 7) is 3.99. The van der Waals surface area contributed by atoms with Gasteiger partial charge in [0.25, 0.3) is 0 Å². The van der Waals surface area contributed by atoms with Crippen LogP contribution in [0.25, 0.3) is 0 Å². The van der Waals surface area contributed by atoms with E-state index in [0.717, 1.165) is 17.7 Å². The molecule has 0 saturated carbocycles. The molecule has 0 fully saturated rings. The minimum absolute atomic E-state index is 0.428. The highest BCUT2D eigenvalue weighted by molar-refractivity contribution is 6.35. The molecule has 1 N–H and O–H groups in total. The van der Waals surface area contributed by atoms with E-state index in [1.807, 2.05) is 37.3 Å². The van der Waals surface area contributed by atoms with Crippen LogP contribution >= 0.6 is 34.8 Å². The first-order valence-corrected chi connectivity index (χ1v) is 7.79. The normalized spacial score (nSPS) is 10.7. The van der Waals surface area contributed by atoms with Crippen molar-refractivity contribution in [3.63, 3.8) is 0 Å². The van der Waals surface area contributed by atoms with Gasteiger partial charge < -0.3 is 10.1 Å². The number of rotatable bonds is 6. The zero-order valence-corrected chi connectivity index (χ0v) is 13.9. The van der Waals surface area contributed by atoms with Gasteiger partial charge in [0.05, 0.1) is 5.02 Å². The number of ether oxygens (including phenoxy) is 1. The molecule has 2 rings (SSSR count). The van der Waals surface area contributed by atoms with Crippen molar-refractivity contribution in [2.75, 3.05) is 6.54 Å². The fourth-order valence-corrected chi connectivity index (χ4v) is 2.62. The molecule has 0 aromatic heterocycles. The van der Waals surface area contributed by atoms with Gasteiger partial charge in [-0.3, -0.25) is 0 Å². The van der Waals surface area contributed by atoms with Crippen molar-refractivity contribution >= 4 is 34.8 Å². The van der Waals surface area contributed by atoms with Gasteiger partial charge in [-0.25, -0.2) is 0 Å². The van der Waals surface area contributed by atoms with E-state index in [4.69, 9.17) is 39.5 Å². The van der Waals surface area contributed by atoms with Crippen LogP contribution < -0.4 is 10.1 Å². The number of benzene rings is 2. The fourth-order valence-electron chi connectivity index (χ4n) is 1.90. The van der Waals surface area contributed by atoms with Gasteiger partial charge in [-0.05, 0) is 36.4 Å². The van der Waals surface area contributed by atoms with Gasteiger partial charge in [0.1, 0.15) is 12.4 Å². The molecule has 0 unspecified atom stereocenters. The van der Waals surface area contributed by atoms with Crippen LogP contribution in [0.4, 0.5) is 0 Å². The number of nitrogens with one attached hydrogen (secondary N) is 1. The van der Waals surface area contributed by atoms with Crippen molar-refractivity contribution in [2.24, 2.45) is 0 Å². The van der Waals surface area contributed by atoms with E-state index in [0.29, 0.717) is 34.0 Å². The molecule has 0 aliphatic heterocycles. The Morgan fingerprint density at radius 2 is 1.71 bits per heavy atom. The second-order valence-electron chi connectivity index (χ2n) is 4.57. The molecule has 2 aromatic rings. The van der Waals surface area contributed by atoms with E-state index >= 15 is 0 Å². The van der Waals surface area contributed by atoms with Crippen LogP contribution in [0.5, 0.6) is 5.75 Å². The molecule has 0 aliphatic rings. The average Bonchev–Trinajstić information content (AvgIpc) is 2.45. The maximum atomic E-state index is 6.25. The average molecular weight is 345 g/mol. The SMILES string of the molecule is CCNCc1cc(Cl)cc(Cl)c1OCc1ccc(Cl)cc1. The highest BCUT2D eigenvalue weighted by atomic mass is 35.5. The second-order valence-corrected chi connectivity index (χ2v) is 5.85. The highest BCUT2D eigenvalue weighted by Gasteiger charge is 2.11. The van der Waals surface area contributed by atoms with Crippen LogP contribution in [0.3, 0.4) is 0 Å². The summed E-state index contributed by atoms with van der Waals surface area (Å²) in [5, 5.41) is 5.08. The molecule has 0 aliphatic carbocycles. The first-order valence-electron chi connectivity index (χ1n) is 6.66. The maximum Gasteiger partial charge on any atom is 0.142 e. The Hall–Kier alpha value is -0.930. The minimum atomic E-state index is 0.428. The third kappa shape index (κ3) is 4.79. The summed E-state index contributed by atoms with van der Waals surface area (Å²) in [6, 6.07) is 11.1. The molecule has 0 saturated heterocycles. The van der Waals surface area contributed by atoms with Crippen molar-refractivity contribution in [2.45, 2.75) is 20.1 Å². The van der Waals surface area contributed by atoms with E-state index in [2.05, 4.69) is 5.32 Å². The van der Waals surface area contributed by atoms with Crippen molar-refractivity contribution in [1.29, 1.82) is 0 Å². The fraction of sp³-hybridized carbons (Fsp3) is 0.250. The van der Waals surface area contributed by atoms with Gasteiger partial charge in [0, 0.05) is 22.2 Å². The van der Waals surface area contributed by atoms with E-state index < -0.39 is 0 Å². The van der Waals surface area contributed by atoms with Gasteiger partial charge in [-0.1, -0.05) is 53.9 Å². The van der Waals surface area contributed by atoms with E-state index in [1.54, 1.807) is 6.07 Å². The lowest BCUT2D eigenvalue weighted by Crippen LogP contribution is -2.13. The molecule has 0 spiro atoms. The molecule has 0 amide bonds. The van der Waals surface area contributed by atoms with Crippen molar-refractivity contribution in [3.8, 4) is 5.75 Å². The molecule has 0 heterocycles.